The largest absolute Gasteiger partial charge is 0.476 e. The van der Waals surface area contributed by atoms with Crippen LogP contribution in [0.2, 0.25) is 0 Å². The zero-order valence-electron chi connectivity index (χ0n) is 9.53. The molecule has 18 heavy (non-hydrogen) atoms. The third-order valence-corrected chi connectivity index (χ3v) is 5.92. The molecular weight excluding hydrogens is 280 g/mol. The summed E-state index contributed by atoms with van der Waals surface area (Å²) >= 11 is 0.769. The van der Waals surface area contributed by atoms with Crippen LogP contribution in [-0.4, -0.2) is 52.6 Å². The number of aromatic nitrogens is 1. The number of hydrogen-bond donors (Lipinski definition) is 2. The molecule has 1 aliphatic rings. The molecule has 1 atom stereocenters. The van der Waals surface area contributed by atoms with Crippen LogP contribution >= 0.6 is 11.3 Å². The summed E-state index contributed by atoms with van der Waals surface area (Å²) in [6.45, 7) is 1.69. The summed E-state index contributed by atoms with van der Waals surface area (Å²) in [5.74, 6) is -1.37. The van der Waals surface area contributed by atoms with Gasteiger partial charge in [-0.25, -0.2) is 18.2 Å². The second-order valence-electron chi connectivity index (χ2n) is 4.38. The van der Waals surface area contributed by atoms with E-state index in [2.05, 4.69) is 4.98 Å². The van der Waals surface area contributed by atoms with E-state index in [1.54, 1.807) is 6.92 Å². The van der Waals surface area contributed by atoms with Crippen LogP contribution in [0.4, 0.5) is 0 Å². The first-order chi connectivity index (χ1) is 8.24. The minimum Gasteiger partial charge on any atom is -0.476 e. The van der Waals surface area contributed by atoms with Gasteiger partial charge in [-0.1, -0.05) is 0 Å². The summed E-state index contributed by atoms with van der Waals surface area (Å²) in [4.78, 5) is 14.4. The lowest BCUT2D eigenvalue weighted by Gasteiger charge is -2.18. The van der Waals surface area contributed by atoms with Crippen LogP contribution in [0.1, 0.15) is 23.8 Å². The molecule has 1 aliphatic heterocycles. The lowest BCUT2D eigenvalue weighted by Crippen LogP contribution is -2.34. The molecular formula is C9H12N2O5S2. The first-order valence-corrected chi connectivity index (χ1v) is 7.45. The van der Waals surface area contributed by atoms with Gasteiger partial charge in [-0.3, -0.25) is 0 Å². The molecule has 1 fully saturated rings. The minimum absolute atomic E-state index is 0.0354. The van der Waals surface area contributed by atoms with E-state index in [1.807, 2.05) is 0 Å². The number of aliphatic hydroxyl groups is 1. The Morgan fingerprint density at radius 2 is 2.28 bits per heavy atom. The number of sulfonamides is 1. The lowest BCUT2D eigenvalue weighted by atomic mass is 10.1. The quantitative estimate of drug-likeness (QED) is 0.811. The van der Waals surface area contributed by atoms with E-state index in [0.717, 1.165) is 15.6 Å². The zero-order chi connectivity index (χ0) is 13.6. The second-order valence-corrected chi connectivity index (χ2v) is 7.37. The summed E-state index contributed by atoms with van der Waals surface area (Å²) in [7, 11) is -3.89. The Morgan fingerprint density at radius 1 is 1.61 bits per heavy atom. The van der Waals surface area contributed by atoms with Crippen LogP contribution in [0.3, 0.4) is 0 Å². The zero-order valence-corrected chi connectivity index (χ0v) is 11.2. The van der Waals surface area contributed by atoms with Crippen LogP contribution in [-0.2, 0) is 10.0 Å². The van der Waals surface area contributed by atoms with Crippen LogP contribution in [0.25, 0.3) is 0 Å². The molecule has 2 heterocycles. The fraction of sp³-hybridized carbons (Fsp3) is 0.556. The topological polar surface area (TPSA) is 108 Å². The molecule has 1 saturated heterocycles. The highest BCUT2D eigenvalue weighted by molar-refractivity contribution is 7.91. The summed E-state index contributed by atoms with van der Waals surface area (Å²) in [6.07, 6.45) is 0.327. The molecule has 0 bridgehead atoms. The summed E-state index contributed by atoms with van der Waals surface area (Å²) in [5, 5.41) is 18.6. The van der Waals surface area contributed by atoms with Gasteiger partial charge in [0.1, 0.15) is 0 Å². The lowest BCUT2D eigenvalue weighted by molar-refractivity contribution is 0.0687. The van der Waals surface area contributed by atoms with Crippen molar-refractivity contribution in [3.63, 3.8) is 0 Å². The van der Waals surface area contributed by atoms with E-state index in [1.165, 1.54) is 5.51 Å². The van der Waals surface area contributed by atoms with E-state index in [0.29, 0.717) is 6.42 Å². The van der Waals surface area contributed by atoms with E-state index in [4.69, 9.17) is 5.11 Å². The number of nitrogens with zero attached hydrogens (tertiary/aromatic N) is 2. The molecule has 9 heteroatoms. The Kier molecular flexibility index (Phi) is 3.18. The number of aromatic carboxylic acids is 1. The number of hydrogen-bond acceptors (Lipinski definition) is 6. The maximum Gasteiger partial charge on any atom is 0.356 e. The van der Waals surface area contributed by atoms with Gasteiger partial charge in [0.2, 0.25) is 0 Å². The van der Waals surface area contributed by atoms with Gasteiger partial charge in [-0.15, -0.1) is 11.3 Å². The number of β-amino-alcohol motifs (C(OH)–C–C–N with tert-alkyl or cyclic N) is 1. The fourth-order valence-corrected chi connectivity index (χ4v) is 4.62. The molecule has 0 aromatic carbocycles. The molecule has 0 spiro atoms. The Balaban J connectivity index is 2.38. The first kappa shape index (κ1) is 13.4. The van der Waals surface area contributed by atoms with Gasteiger partial charge in [0.15, 0.2) is 9.90 Å². The van der Waals surface area contributed by atoms with Crippen LogP contribution in [0.15, 0.2) is 9.72 Å². The maximum absolute atomic E-state index is 12.2. The van der Waals surface area contributed by atoms with Gasteiger partial charge in [-0.05, 0) is 13.3 Å². The molecule has 0 aliphatic carbocycles. The highest BCUT2D eigenvalue weighted by Crippen LogP contribution is 2.30. The van der Waals surface area contributed by atoms with E-state index in [-0.39, 0.29) is 17.3 Å². The predicted molar refractivity (Wildman–Crippen MR) is 63.1 cm³/mol. The van der Waals surface area contributed by atoms with Crippen molar-refractivity contribution < 1.29 is 23.4 Å². The van der Waals surface area contributed by atoms with Gasteiger partial charge in [0.25, 0.3) is 10.0 Å². The van der Waals surface area contributed by atoms with Gasteiger partial charge < -0.3 is 10.2 Å². The van der Waals surface area contributed by atoms with Gasteiger partial charge >= 0.3 is 5.97 Å². The molecule has 0 saturated carbocycles. The highest BCUT2D eigenvalue weighted by atomic mass is 32.2. The Hall–Kier alpha value is -1.03. The number of carboxylic acids is 1. The van der Waals surface area contributed by atoms with Crippen molar-refractivity contribution in [3.05, 3.63) is 11.2 Å². The van der Waals surface area contributed by atoms with Crippen molar-refractivity contribution in [3.8, 4) is 0 Å². The van der Waals surface area contributed by atoms with Gasteiger partial charge in [0, 0.05) is 13.1 Å². The average molecular weight is 292 g/mol. The van der Waals surface area contributed by atoms with Crippen molar-refractivity contribution in [1.29, 1.82) is 0 Å². The number of rotatable bonds is 3. The third-order valence-electron chi connectivity index (χ3n) is 2.73. The first-order valence-electron chi connectivity index (χ1n) is 5.13. The Morgan fingerprint density at radius 3 is 2.78 bits per heavy atom. The number of thiazole rings is 1. The monoisotopic (exact) mass is 292 g/mol. The van der Waals surface area contributed by atoms with E-state index in [9.17, 15) is 18.3 Å². The Labute approximate surface area is 108 Å². The van der Waals surface area contributed by atoms with Crippen molar-refractivity contribution in [2.24, 2.45) is 0 Å². The summed E-state index contributed by atoms with van der Waals surface area (Å²) in [5.41, 5.74) is -0.349. The van der Waals surface area contributed by atoms with Crippen molar-refractivity contribution in [2.75, 3.05) is 13.1 Å². The normalized spacial score (nSPS) is 25.4. The number of carbonyl (C=O) groups is 1. The SMILES string of the molecule is CC1(O)CCN(S(=O)(=O)c2scnc2C(=O)O)C1. The molecule has 1 aromatic heterocycles. The standard InChI is InChI=1S/C9H12N2O5S2/c1-9(14)2-3-11(4-9)18(15,16)8-6(7(12)13)10-5-17-8/h5,14H,2-4H2,1H3,(H,12,13). The third kappa shape index (κ3) is 2.26. The second kappa shape index (κ2) is 4.26. The van der Waals surface area contributed by atoms with Gasteiger partial charge in [-0.2, -0.15) is 4.31 Å². The predicted octanol–water partition coefficient (Wildman–Crippen LogP) is -0.0133. The summed E-state index contributed by atoms with van der Waals surface area (Å²) in [6, 6.07) is 0. The molecule has 1 aromatic rings. The fourth-order valence-electron chi connectivity index (χ4n) is 1.79. The van der Waals surface area contributed by atoms with Gasteiger partial charge in [0.05, 0.1) is 11.1 Å². The van der Waals surface area contributed by atoms with Crippen LogP contribution in [0.5, 0.6) is 0 Å². The highest BCUT2D eigenvalue weighted by Gasteiger charge is 2.40. The Bertz CT molecular complexity index is 578. The van der Waals surface area contributed by atoms with E-state index < -0.39 is 27.3 Å². The van der Waals surface area contributed by atoms with Crippen LogP contribution in [0, 0.1) is 0 Å². The van der Waals surface area contributed by atoms with Crippen LogP contribution < -0.4 is 0 Å². The minimum atomic E-state index is -3.89. The molecule has 100 valence electrons. The smallest absolute Gasteiger partial charge is 0.356 e. The van der Waals surface area contributed by atoms with Crippen molar-refractivity contribution in [1.82, 2.24) is 9.29 Å². The molecule has 7 nitrogen and oxygen atoms in total. The molecule has 0 amide bonds. The molecule has 2 N–H and O–H groups in total. The van der Waals surface area contributed by atoms with Crippen molar-refractivity contribution in [2.45, 2.75) is 23.2 Å². The van der Waals surface area contributed by atoms with E-state index >= 15 is 0 Å². The molecule has 1 unspecified atom stereocenters. The summed E-state index contributed by atoms with van der Waals surface area (Å²) < 4.78 is 25.3. The maximum atomic E-state index is 12.2. The number of carboxylic acid groups (broad SMARTS) is 1. The molecule has 0 radical (unpaired) electrons. The average Bonchev–Trinajstić information content (AvgIpc) is 2.83. The van der Waals surface area contributed by atoms with Crippen molar-refractivity contribution >= 4 is 27.3 Å². The molecule has 2 rings (SSSR count).